The van der Waals surface area contributed by atoms with Crippen molar-refractivity contribution in [2.75, 3.05) is 0 Å². The molecule has 1 aromatic rings. The van der Waals surface area contributed by atoms with Crippen molar-refractivity contribution in [1.29, 1.82) is 0 Å². The summed E-state index contributed by atoms with van der Waals surface area (Å²) in [4.78, 5) is 2.91. The van der Waals surface area contributed by atoms with Gasteiger partial charge in [0.25, 0.3) is 0 Å². The SMILES string of the molecule is CC(C)(C)c1[c-][nH]cc1.C[Si](C)=C1[C-]=CC=C1.[Cl-].[Cl-].[Ti+4]. The van der Waals surface area contributed by atoms with Crippen LogP contribution in [0, 0.1) is 12.3 Å². The van der Waals surface area contributed by atoms with Gasteiger partial charge in [-0.2, -0.15) is 29.6 Å². The fourth-order valence-electron chi connectivity index (χ4n) is 1.36. The van der Waals surface area contributed by atoms with Gasteiger partial charge in [-0.3, -0.25) is 0 Å². The minimum absolute atomic E-state index is 0. The number of halogens is 2. The summed E-state index contributed by atoms with van der Waals surface area (Å²) in [6.07, 6.45) is 14.3. The van der Waals surface area contributed by atoms with Crippen LogP contribution in [0.1, 0.15) is 26.3 Å². The Morgan fingerprint density at radius 1 is 1.15 bits per heavy atom. The second-order valence-corrected chi connectivity index (χ2v) is 7.89. The van der Waals surface area contributed by atoms with Crippen LogP contribution in [0.5, 0.6) is 0 Å². The molecular weight excluding hydrogens is 341 g/mol. The van der Waals surface area contributed by atoms with Crippen LogP contribution < -0.4 is 24.8 Å². The van der Waals surface area contributed by atoms with Crippen LogP contribution >= 0.6 is 0 Å². The van der Waals surface area contributed by atoms with Gasteiger partial charge < -0.3 is 29.8 Å². The van der Waals surface area contributed by atoms with Crippen molar-refractivity contribution in [2.24, 2.45) is 0 Å². The third kappa shape index (κ3) is 9.15. The molecule has 0 bridgehead atoms. The largest absolute Gasteiger partial charge is 4.00 e. The molecule has 1 heterocycles. The predicted molar refractivity (Wildman–Crippen MR) is 77.8 cm³/mol. The van der Waals surface area contributed by atoms with E-state index in [1.807, 2.05) is 18.3 Å². The van der Waals surface area contributed by atoms with Crippen LogP contribution in [-0.2, 0) is 27.1 Å². The van der Waals surface area contributed by atoms with Crippen molar-refractivity contribution in [1.82, 2.24) is 4.98 Å². The first-order valence-corrected chi connectivity index (χ1v) is 8.40. The van der Waals surface area contributed by atoms with Gasteiger partial charge >= 0.3 is 21.7 Å². The summed E-state index contributed by atoms with van der Waals surface area (Å²) in [5.74, 6) is 0. The Balaban J connectivity index is -0.000000252. The second kappa shape index (κ2) is 11.8. The van der Waals surface area contributed by atoms with Crippen molar-refractivity contribution in [2.45, 2.75) is 39.3 Å². The maximum absolute atomic E-state index is 3.18. The first kappa shape index (κ1) is 25.1. The summed E-state index contributed by atoms with van der Waals surface area (Å²) in [7, 11) is -0.225. The van der Waals surface area contributed by atoms with Gasteiger partial charge in [0.15, 0.2) is 0 Å². The van der Waals surface area contributed by atoms with Gasteiger partial charge in [0.05, 0.1) is 0 Å². The molecule has 0 spiro atoms. The number of aromatic amines is 1. The maximum Gasteiger partial charge on any atom is 4.00 e. The van der Waals surface area contributed by atoms with Crippen LogP contribution in [0.4, 0.5) is 0 Å². The fraction of sp³-hybridized carbons (Fsp3) is 0.400. The van der Waals surface area contributed by atoms with E-state index in [-0.39, 0.29) is 60.4 Å². The number of rotatable bonds is 0. The van der Waals surface area contributed by atoms with Crippen molar-refractivity contribution in [3.8, 4) is 0 Å². The average molecular weight is 362 g/mol. The standard InChI is InChI=1S/C8H12N.C7H9Si.2ClH.Ti/c1-8(2,3)7-4-5-9-6-7;1-8(2)7-5-3-4-6-7;;;/h4-5,9H,1-3H3;3-5H,1-2H3;2*1H;/q2*-1;;;+4/p-2. The van der Waals surface area contributed by atoms with E-state index in [1.54, 1.807) is 0 Å². The third-order valence-corrected chi connectivity index (χ3v) is 3.87. The summed E-state index contributed by atoms with van der Waals surface area (Å²) in [6, 6.07) is 2.06. The van der Waals surface area contributed by atoms with Crippen molar-refractivity contribution in [3.05, 3.63) is 48.3 Å². The second-order valence-electron chi connectivity index (χ2n) is 5.35. The van der Waals surface area contributed by atoms with E-state index in [0.717, 1.165) is 0 Å². The summed E-state index contributed by atoms with van der Waals surface area (Å²) in [5, 5.41) is 1.41. The van der Waals surface area contributed by atoms with E-state index in [4.69, 9.17) is 0 Å². The number of nitrogens with one attached hydrogen (secondary N) is 1. The van der Waals surface area contributed by atoms with Crippen molar-refractivity contribution < 1.29 is 46.5 Å². The summed E-state index contributed by atoms with van der Waals surface area (Å²) in [5.41, 5.74) is 1.47. The van der Waals surface area contributed by atoms with Crippen molar-refractivity contribution in [3.63, 3.8) is 0 Å². The van der Waals surface area contributed by atoms with Crippen LogP contribution in [0.3, 0.4) is 0 Å². The smallest absolute Gasteiger partial charge is 1.00 e. The predicted octanol–water partition coefficient (Wildman–Crippen LogP) is -2.46. The van der Waals surface area contributed by atoms with E-state index >= 15 is 0 Å². The molecule has 1 aliphatic carbocycles. The molecule has 0 aromatic carbocycles. The molecule has 0 aliphatic heterocycles. The molecule has 1 N–H and O–H groups in total. The number of hydrogen-bond acceptors (Lipinski definition) is 0. The van der Waals surface area contributed by atoms with Crippen LogP contribution in [0.25, 0.3) is 0 Å². The van der Waals surface area contributed by atoms with E-state index in [0.29, 0.717) is 0 Å². The Labute approximate surface area is 152 Å². The Hall–Kier alpha value is 0.141. The van der Waals surface area contributed by atoms with Gasteiger partial charge in [-0.15, -0.1) is 11.8 Å². The molecule has 0 saturated heterocycles. The molecule has 20 heavy (non-hydrogen) atoms. The molecule has 1 nitrogen and oxygen atoms in total. The molecule has 0 unspecified atom stereocenters. The van der Waals surface area contributed by atoms with Gasteiger partial charge in [0, 0.05) is 0 Å². The van der Waals surface area contributed by atoms with E-state index in [2.05, 4.69) is 63.3 Å². The first-order valence-electron chi connectivity index (χ1n) is 5.90. The molecule has 0 saturated carbocycles. The normalized spacial score (nSPS) is 11.6. The molecule has 2 rings (SSSR count). The maximum atomic E-state index is 3.18. The molecule has 0 fully saturated rings. The Bertz CT molecular complexity index is 425. The number of allylic oxidation sites excluding steroid dienone is 4. The molecule has 0 atom stereocenters. The summed E-state index contributed by atoms with van der Waals surface area (Å²) >= 11 is 0. The van der Waals surface area contributed by atoms with Crippen LogP contribution in [0.15, 0.2) is 30.5 Å². The Kier molecular flexibility index (Phi) is 14.8. The van der Waals surface area contributed by atoms with Gasteiger partial charge in [0.1, 0.15) is 0 Å². The summed E-state index contributed by atoms with van der Waals surface area (Å²) < 4.78 is 0. The topological polar surface area (TPSA) is 15.8 Å². The Morgan fingerprint density at radius 3 is 1.95 bits per heavy atom. The molecule has 1 aliphatic rings. The molecule has 0 radical (unpaired) electrons. The van der Waals surface area contributed by atoms with Crippen molar-refractivity contribution >= 4 is 13.6 Å². The zero-order valence-electron chi connectivity index (χ0n) is 12.6. The molecular formula is C15H21Cl2NSiTi. The van der Waals surface area contributed by atoms with Gasteiger partial charge in [-0.1, -0.05) is 33.9 Å². The van der Waals surface area contributed by atoms with Crippen LogP contribution in [0.2, 0.25) is 13.1 Å². The molecule has 0 amide bonds. The van der Waals surface area contributed by atoms with E-state index in [1.165, 1.54) is 10.7 Å². The number of H-pyrrole nitrogens is 1. The average Bonchev–Trinajstić information content (AvgIpc) is 2.92. The minimum Gasteiger partial charge on any atom is -1.00 e. The first-order chi connectivity index (χ1) is 7.91. The minimum atomic E-state index is -0.225. The zero-order valence-corrected chi connectivity index (χ0v) is 16.7. The van der Waals surface area contributed by atoms with E-state index < -0.39 is 0 Å². The molecule has 1 aromatic heterocycles. The number of hydrogen-bond donors (Lipinski definition) is 1. The van der Waals surface area contributed by atoms with Gasteiger partial charge in [0.2, 0.25) is 0 Å². The van der Waals surface area contributed by atoms with Gasteiger partial charge in [-0.25, -0.2) is 12.2 Å². The monoisotopic (exact) mass is 361 g/mol. The Morgan fingerprint density at radius 2 is 1.75 bits per heavy atom. The molecule has 5 heteroatoms. The fourth-order valence-corrected chi connectivity index (χ4v) is 2.17. The summed E-state index contributed by atoms with van der Waals surface area (Å²) in [6.45, 7) is 11.1. The van der Waals surface area contributed by atoms with Crippen LogP contribution in [-0.4, -0.2) is 18.6 Å². The van der Waals surface area contributed by atoms with E-state index in [9.17, 15) is 0 Å². The molecule has 108 valence electrons. The quantitative estimate of drug-likeness (QED) is 0.390. The number of aromatic nitrogens is 1. The van der Waals surface area contributed by atoms with Gasteiger partial charge in [-0.05, 0) is 13.8 Å². The zero-order chi connectivity index (χ0) is 12.9. The third-order valence-electron chi connectivity index (χ3n) is 2.48.